The second kappa shape index (κ2) is 20.5. The third-order valence-electron chi connectivity index (χ3n) is 19.4. The third-order valence-corrected chi connectivity index (χ3v) is 19.4. The summed E-state index contributed by atoms with van der Waals surface area (Å²) in [7, 11) is 0. The molecular formula is C84H79BN4O. The van der Waals surface area contributed by atoms with Gasteiger partial charge in [0.15, 0.2) is 0 Å². The molecule has 0 N–H and O–H groups in total. The molecule has 0 spiro atoms. The van der Waals surface area contributed by atoms with Gasteiger partial charge in [-0.25, -0.2) is 0 Å². The summed E-state index contributed by atoms with van der Waals surface area (Å²) in [6.45, 7) is 32.4. The monoisotopic (exact) mass is 1170 g/mol. The van der Waals surface area contributed by atoms with Crippen molar-refractivity contribution in [2.24, 2.45) is 0 Å². The van der Waals surface area contributed by atoms with Gasteiger partial charge in [0, 0.05) is 84.0 Å². The second-order valence-electron chi connectivity index (χ2n) is 29.6. The quantitative estimate of drug-likeness (QED) is 0.149. The summed E-state index contributed by atoms with van der Waals surface area (Å²) < 4.78 is 9.22. The smallest absolute Gasteiger partial charge is 0.252 e. The molecule has 2 aliphatic rings. The van der Waals surface area contributed by atoms with Crippen LogP contribution in [0, 0.1) is 13.8 Å². The lowest BCUT2D eigenvalue weighted by molar-refractivity contribution is 0.589. The van der Waals surface area contributed by atoms with Crippen molar-refractivity contribution < 1.29 is 4.42 Å². The molecule has 4 heterocycles. The van der Waals surface area contributed by atoms with Gasteiger partial charge in [0.25, 0.3) is 6.71 Å². The van der Waals surface area contributed by atoms with E-state index in [4.69, 9.17) is 4.42 Å². The molecule has 15 rings (SSSR count). The standard InChI is InChI=1S/C84H79BN4O/c1-52-45-63(46-53(2)78(52)68-28-22-27-67-66-26-19-21-30-77(66)90-80(67)68)89-74-51-62(86(59-36-31-54(32-37-59)81(3,4)5)61-40-42-65-64-25-18-20-29-71(64)87(73(65)50-61)58-23-16-15-17-24-58)41-43-69(74)85-70-47-56(83(9,10)11)35-44-72(70)88(60-38-33-55(34-39-60)82(6,7)8)75-48-57(84(12,13)14)49-76(89)79(75)85/h15-51H,1-14H3. The fourth-order valence-electron chi connectivity index (χ4n) is 14.6. The third kappa shape index (κ3) is 9.27. The molecule has 0 amide bonds. The summed E-state index contributed by atoms with van der Waals surface area (Å²) >= 11 is 0. The SMILES string of the molecule is Cc1cc(N2c3cc(N(c4ccc(C(C)(C)C)cc4)c4ccc5c6ccccc6n(-c6ccccc6)c5c4)ccc3B3c4cc(C(C)(C)C)ccc4N(c4ccc(C(C)(C)C)cc4)c4cc(C(C)(C)C)cc2c43)cc(C)c1-c1cccc2c1oc1ccccc12. The van der Waals surface area contributed by atoms with Crippen LogP contribution in [0.1, 0.15) is 116 Å². The maximum atomic E-state index is 6.78. The number of anilines is 9. The van der Waals surface area contributed by atoms with E-state index in [0.717, 1.165) is 72.8 Å². The van der Waals surface area contributed by atoms with Crippen LogP contribution >= 0.6 is 0 Å². The van der Waals surface area contributed by atoms with Crippen LogP contribution in [-0.2, 0) is 21.7 Å². The maximum Gasteiger partial charge on any atom is 0.252 e. The molecule has 6 heteroatoms. The van der Waals surface area contributed by atoms with E-state index in [1.54, 1.807) is 0 Å². The van der Waals surface area contributed by atoms with Crippen molar-refractivity contribution in [3.63, 3.8) is 0 Å². The van der Waals surface area contributed by atoms with Gasteiger partial charge in [-0.1, -0.05) is 204 Å². The number of rotatable bonds is 7. The first-order chi connectivity index (χ1) is 43.0. The lowest BCUT2D eigenvalue weighted by Crippen LogP contribution is -2.61. The number of fused-ring (bicyclic) bond motifs is 10. The summed E-state index contributed by atoms with van der Waals surface area (Å²) in [5.41, 5.74) is 29.0. The van der Waals surface area contributed by atoms with Gasteiger partial charge in [-0.3, -0.25) is 0 Å². The van der Waals surface area contributed by atoms with E-state index in [1.165, 1.54) is 88.7 Å². The van der Waals surface area contributed by atoms with Gasteiger partial charge < -0.3 is 23.7 Å². The van der Waals surface area contributed by atoms with Crippen molar-refractivity contribution >= 4 is 118 Å². The molecular weight excluding hydrogens is 1090 g/mol. The van der Waals surface area contributed by atoms with Gasteiger partial charge in [0.05, 0.1) is 11.0 Å². The highest BCUT2D eigenvalue weighted by Gasteiger charge is 2.45. The van der Waals surface area contributed by atoms with Crippen LogP contribution in [0.5, 0.6) is 0 Å². The van der Waals surface area contributed by atoms with Crippen molar-refractivity contribution in [3.05, 3.63) is 258 Å². The summed E-state index contributed by atoms with van der Waals surface area (Å²) in [4.78, 5) is 7.70. The Labute approximate surface area is 531 Å². The van der Waals surface area contributed by atoms with Crippen LogP contribution in [0.15, 0.2) is 229 Å². The predicted molar refractivity (Wildman–Crippen MR) is 386 cm³/mol. The molecule has 13 aromatic rings. The minimum atomic E-state index is -0.204. The van der Waals surface area contributed by atoms with Gasteiger partial charge >= 0.3 is 0 Å². The van der Waals surface area contributed by atoms with Crippen LogP contribution in [0.2, 0.25) is 0 Å². The molecule has 5 nitrogen and oxygen atoms in total. The minimum Gasteiger partial charge on any atom is -0.455 e. The summed E-state index contributed by atoms with van der Waals surface area (Å²) in [5, 5.41) is 4.71. The molecule has 444 valence electrons. The van der Waals surface area contributed by atoms with E-state index in [1.807, 2.05) is 0 Å². The van der Waals surface area contributed by atoms with Crippen molar-refractivity contribution in [1.82, 2.24) is 4.57 Å². The molecule has 0 unspecified atom stereocenters. The van der Waals surface area contributed by atoms with Crippen LogP contribution < -0.4 is 31.1 Å². The highest BCUT2D eigenvalue weighted by atomic mass is 16.3. The molecule has 0 saturated heterocycles. The zero-order chi connectivity index (χ0) is 62.5. The highest BCUT2D eigenvalue weighted by Crippen LogP contribution is 2.51. The van der Waals surface area contributed by atoms with E-state index >= 15 is 0 Å². The lowest BCUT2D eigenvalue weighted by atomic mass is 9.33. The molecule has 0 radical (unpaired) electrons. The number of furan rings is 1. The van der Waals surface area contributed by atoms with E-state index in [9.17, 15) is 0 Å². The molecule has 90 heavy (non-hydrogen) atoms. The number of hydrogen-bond donors (Lipinski definition) is 0. The van der Waals surface area contributed by atoms with Crippen LogP contribution in [-0.4, -0.2) is 11.3 Å². The van der Waals surface area contributed by atoms with Gasteiger partial charge in [0.2, 0.25) is 0 Å². The average Bonchev–Trinajstić information content (AvgIpc) is 0.739. The first-order valence-corrected chi connectivity index (χ1v) is 32.2. The Kier molecular flexibility index (Phi) is 13.0. The van der Waals surface area contributed by atoms with Crippen molar-refractivity contribution in [1.29, 1.82) is 0 Å². The number of nitrogens with zero attached hydrogens (tertiary/aromatic N) is 4. The zero-order valence-electron chi connectivity index (χ0n) is 54.6. The Morgan fingerprint density at radius 1 is 0.356 bits per heavy atom. The number of benzene rings is 11. The second-order valence-corrected chi connectivity index (χ2v) is 29.6. The van der Waals surface area contributed by atoms with Crippen LogP contribution in [0.3, 0.4) is 0 Å². The van der Waals surface area contributed by atoms with Gasteiger partial charge in [-0.15, -0.1) is 0 Å². The summed E-state index contributed by atoms with van der Waals surface area (Å²) in [6, 6.07) is 85.1. The Hall–Kier alpha value is -9.52. The lowest BCUT2D eigenvalue weighted by Gasteiger charge is -2.46. The molecule has 0 fully saturated rings. The summed E-state index contributed by atoms with van der Waals surface area (Å²) in [5.74, 6) is 0. The maximum absolute atomic E-state index is 6.78. The van der Waals surface area contributed by atoms with E-state index in [-0.39, 0.29) is 28.4 Å². The molecule has 11 aromatic carbocycles. The fourth-order valence-corrected chi connectivity index (χ4v) is 14.6. The Morgan fingerprint density at radius 2 is 0.900 bits per heavy atom. The Bertz CT molecular complexity index is 4990. The molecule has 0 atom stereocenters. The van der Waals surface area contributed by atoms with E-state index < -0.39 is 0 Å². The first kappa shape index (κ1) is 57.0. The van der Waals surface area contributed by atoms with Gasteiger partial charge in [-0.05, 0) is 194 Å². The molecule has 0 saturated carbocycles. The van der Waals surface area contributed by atoms with Crippen molar-refractivity contribution in [2.75, 3.05) is 14.7 Å². The number of para-hydroxylation sites is 4. The largest absolute Gasteiger partial charge is 0.455 e. The zero-order valence-corrected chi connectivity index (χ0v) is 54.6. The number of aromatic nitrogens is 1. The van der Waals surface area contributed by atoms with Crippen LogP contribution in [0.25, 0.3) is 60.6 Å². The summed E-state index contributed by atoms with van der Waals surface area (Å²) in [6.07, 6.45) is 0. The normalized spacial score (nSPS) is 13.4. The molecule has 0 bridgehead atoms. The van der Waals surface area contributed by atoms with Crippen LogP contribution in [0.4, 0.5) is 51.2 Å². The minimum absolute atomic E-state index is 0.00414. The van der Waals surface area contributed by atoms with E-state index in [0.29, 0.717) is 0 Å². The van der Waals surface area contributed by atoms with Gasteiger partial charge in [0.1, 0.15) is 11.2 Å². The Balaban J connectivity index is 1.02. The topological polar surface area (TPSA) is 27.8 Å². The van der Waals surface area contributed by atoms with E-state index in [2.05, 4.69) is 341 Å². The Morgan fingerprint density at radius 3 is 1.57 bits per heavy atom. The van der Waals surface area contributed by atoms with Crippen molar-refractivity contribution in [3.8, 4) is 16.8 Å². The number of hydrogen-bond acceptors (Lipinski definition) is 4. The molecule has 2 aliphatic heterocycles. The number of aryl methyl sites for hydroxylation is 2. The first-order valence-electron chi connectivity index (χ1n) is 32.2. The van der Waals surface area contributed by atoms with Gasteiger partial charge in [-0.2, -0.15) is 0 Å². The average molecular weight is 1170 g/mol. The molecule has 2 aromatic heterocycles. The van der Waals surface area contributed by atoms with Crippen molar-refractivity contribution in [2.45, 2.75) is 119 Å². The predicted octanol–water partition coefficient (Wildman–Crippen LogP) is 21.7. The molecule has 0 aliphatic carbocycles. The highest BCUT2D eigenvalue weighted by molar-refractivity contribution is 7.00. The fraction of sp³-hybridized carbons (Fsp3) is 0.214.